The van der Waals surface area contributed by atoms with E-state index < -0.39 is 0 Å². The van der Waals surface area contributed by atoms with Crippen molar-refractivity contribution in [2.45, 2.75) is 32.7 Å². The molecular weight excluding hydrogens is 226 g/mol. The van der Waals surface area contributed by atoms with Gasteiger partial charge in [0.05, 0.1) is 0 Å². The number of rotatable bonds is 4. The lowest BCUT2D eigenvalue weighted by atomic mass is 10.1. The number of hydrogen-bond acceptors (Lipinski definition) is 5. The van der Waals surface area contributed by atoms with Gasteiger partial charge >= 0.3 is 0 Å². The molecule has 0 aromatic carbocycles. The first kappa shape index (κ1) is 12.6. The minimum Gasteiger partial charge on any atom is -0.327 e. The van der Waals surface area contributed by atoms with Crippen molar-refractivity contribution in [2.24, 2.45) is 5.73 Å². The van der Waals surface area contributed by atoms with Crippen molar-refractivity contribution in [1.82, 2.24) is 19.9 Å². The van der Waals surface area contributed by atoms with Crippen molar-refractivity contribution in [3.05, 3.63) is 35.9 Å². The van der Waals surface area contributed by atoms with Gasteiger partial charge in [0.1, 0.15) is 0 Å². The lowest BCUT2D eigenvalue weighted by Crippen LogP contribution is -2.22. The molecule has 2 rings (SSSR count). The van der Waals surface area contributed by atoms with Crippen molar-refractivity contribution >= 4 is 0 Å². The van der Waals surface area contributed by atoms with Gasteiger partial charge in [-0.25, -0.2) is 19.9 Å². The molecule has 94 valence electrons. The zero-order valence-electron chi connectivity index (χ0n) is 10.7. The van der Waals surface area contributed by atoms with Gasteiger partial charge in [-0.2, -0.15) is 0 Å². The van der Waals surface area contributed by atoms with E-state index in [9.17, 15) is 0 Å². The minimum atomic E-state index is 0.131. The average Bonchev–Trinajstić information content (AvgIpc) is 2.40. The first-order valence-corrected chi connectivity index (χ1v) is 6.05. The Morgan fingerprint density at radius 2 is 1.89 bits per heavy atom. The van der Waals surface area contributed by atoms with E-state index in [0.29, 0.717) is 11.6 Å². The molecule has 2 aromatic rings. The molecule has 0 fully saturated rings. The summed E-state index contributed by atoms with van der Waals surface area (Å²) in [6.45, 7) is 4.01. The third-order valence-electron chi connectivity index (χ3n) is 2.69. The highest BCUT2D eigenvalue weighted by Gasteiger charge is 2.07. The molecule has 0 bridgehead atoms. The molecule has 0 aliphatic rings. The highest BCUT2D eigenvalue weighted by atomic mass is 15.0. The molecule has 5 heteroatoms. The fraction of sp³-hybridized carbons (Fsp3) is 0.385. The molecule has 0 saturated heterocycles. The van der Waals surface area contributed by atoms with E-state index in [1.54, 1.807) is 18.6 Å². The zero-order valence-corrected chi connectivity index (χ0v) is 10.7. The topological polar surface area (TPSA) is 77.6 Å². The summed E-state index contributed by atoms with van der Waals surface area (Å²) in [5, 5.41) is 0. The van der Waals surface area contributed by atoms with E-state index in [1.165, 1.54) is 0 Å². The Balaban J connectivity index is 2.24. The van der Waals surface area contributed by atoms with Crippen molar-refractivity contribution in [1.29, 1.82) is 0 Å². The van der Waals surface area contributed by atoms with Gasteiger partial charge in [-0.3, -0.25) is 0 Å². The van der Waals surface area contributed by atoms with Gasteiger partial charge in [0.25, 0.3) is 0 Å². The Morgan fingerprint density at radius 3 is 2.56 bits per heavy atom. The summed E-state index contributed by atoms with van der Waals surface area (Å²) >= 11 is 0. The van der Waals surface area contributed by atoms with Gasteiger partial charge in [-0.05, 0) is 25.0 Å². The molecule has 2 heterocycles. The fourth-order valence-corrected chi connectivity index (χ4v) is 1.54. The second-order valence-electron chi connectivity index (χ2n) is 4.33. The van der Waals surface area contributed by atoms with Crippen LogP contribution in [0.5, 0.6) is 0 Å². The van der Waals surface area contributed by atoms with Gasteiger partial charge in [-0.1, -0.05) is 6.92 Å². The third-order valence-corrected chi connectivity index (χ3v) is 2.69. The summed E-state index contributed by atoms with van der Waals surface area (Å²) in [4.78, 5) is 17.1. The van der Waals surface area contributed by atoms with Crippen LogP contribution in [0.25, 0.3) is 11.6 Å². The van der Waals surface area contributed by atoms with Crippen LogP contribution in [-0.2, 0) is 6.42 Å². The first-order chi connectivity index (χ1) is 8.69. The van der Waals surface area contributed by atoms with Crippen LogP contribution >= 0.6 is 0 Å². The average molecular weight is 243 g/mol. The quantitative estimate of drug-likeness (QED) is 0.881. The molecule has 5 nitrogen and oxygen atoms in total. The van der Waals surface area contributed by atoms with Crippen LogP contribution in [-0.4, -0.2) is 26.0 Å². The van der Waals surface area contributed by atoms with Crippen LogP contribution in [0.3, 0.4) is 0 Å². The third kappa shape index (κ3) is 3.07. The lowest BCUT2D eigenvalue weighted by Gasteiger charge is -2.08. The maximum Gasteiger partial charge on any atom is 0.197 e. The molecule has 2 aromatic heterocycles. The number of nitrogens with zero attached hydrogens (tertiary/aromatic N) is 4. The van der Waals surface area contributed by atoms with Crippen molar-refractivity contribution in [3.8, 4) is 11.6 Å². The largest absolute Gasteiger partial charge is 0.327 e. The molecule has 0 aliphatic heterocycles. The van der Waals surface area contributed by atoms with Gasteiger partial charge in [0.15, 0.2) is 11.6 Å². The van der Waals surface area contributed by atoms with Crippen LogP contribution in [0.15, 0.2) is 24.7 Å². The SMILES string of the molecule is CCC(N)Cc1ccnc(-c2ncc(C)cn2)n1. The highest BCUT2D eigenvalue weighted by molar-refractivity contribution is 5.42. The van der Waals surface area contributed by atoms with Crippen molar-refractivity contribution in [3.63, 3.8) is 0 Å². The molecule has 0 amide bonds. The number of hydrogen-bond donors (Lipinski definition) is 1. The van der Waals surface area contributed by atoms with Crippen LogP contribution in [0.1, 0.15) is 24.6 Å². The van der Waals surface area contributed by atoms with E-state index in [4.69, 9.17) is 5.73 Å². The number of aromatic nitrogens is 4. The number of aryl methyl sites for hydroxylation is 1. The van der Waals surface area contributed by atoms with E-state index in [1.807, 2.05) is 13.0 Å². The Bertz CT molecular complexity index is 509. The van der Waals surface area contributed by atoms with Gasteiger partial charge < -0.3 is 5.73 Å². The van der Waals surface area contributed by atoms with Crippen LogP contribution in [0, 0.1) is 6.92 Å². The second kappa shape index (κ2) is 5.64. The molecule has 18 heavy (non-hydrogen) atoms. The first-order valence-electron chi connectivity index (χ1n) is 6.05. The van der Waals surface area contributed by atoms with E-state index in [0.717, 1.165) is 24.1 Å². The molecule has 0 aliphatic carbocycles. The summed E-state index contributed by atoms with van der Waals surface area (Å²) in [7, 11) is 0. The van der Waals surface area contributed by atoms with Gasteiger partial charge in [0, 0.05) is 36.7 Å². The van der Waals surface area contributed by atoms with Gasteiger partial charge in [-0.15, -0.1) is 0 Å². The Hall–Kier alpha value is -1.88. The van der Waals surface area contributed by atoms with Crippen LogP contribution < -0.4 is 5.73 Å². The smallest absolute Gasteiger partial charge is 0.197 e. The molecule has 1 unspecified atom stereocenters. The zero-order chi connectivity index (χ0) is 13.0. The standard InChI is InChI=1S/C13H17N5/c1-3-10(14)6-11-4-5-15-13(18-11)12-16-7-9(2)8-17-12/h4-5,7-8,10H,3,6,14H2,1-2H3. The maximum atomic E-state index is 5.92. The molecule has 0 saturated carbocycles. The predicted molar refractivity (Wildman–Crippen MR) is 69.8 cm³/mol. The van der Waals surface area contributed by atoms with Crippen molar-refractivity contribution < 1.29 is 0 Å². The fourth-order valence-electron chi connectivity index (χ4n) is 1.54. The normalized spacial score (nSPS) is 12.4. The summed E-state index contributed by atoms with van der Waals surface area (Å²) in [6, 6.07) is 2.01. The predicted octanol–water partition coefficient (Wildman–Crippen LogP) is 1.52. The van der Waals surface area contributed by atoms with Crippen LogP contribution in [0.2, 0.25) is 0 Å². The van der Waals surface area contributed by atoms with E-state index >= 15 is 0 Å². The Labute approximate surface area is 107 Å². The molecule has 2 N–H and O–H groups in total. The molecule has 1 atom stereocenters. The van der Waals surface area contributed by atoms with E-state index in [2.05, 4.69) is 26.9 Å². The second-order valence-corrected chi connectivity index (χ2v) is 4.33. The Kier molecular flexibility index (Phi) is 3.94. The number of nitrogens with two attached hydrogens (primary N) is 1. The highest BCUT2D eigenvalue weighted by Crippen LogP contribution is 2.10. The molecule has 0 radical (unpaired) electrons. The maximum absolute atomic E-state index is 5.92. The molecular formula is C13H17N5. The van der Waals surface area contributed by atoms with Crippen molar-refractivity contribution in [2.75, 3.05) is 0 Å². The molecule has 0 spiro atoms. The minimum absolute atomic E-state index is 0.131. The summed E-state index contributed by atoms with van der Waals surface area (Å²) in [6.07, 6.45) is 6.92. The van der Waals surface area contributed by atoms with E-state index in [-0.39, 0.29) is 6.04 Å². The lowest BCUT2D eigenvalue weighted by molar-refractivity contribution is 0.636. The summed E-state index contributed by atoms with van der Waals surface area (Å²) in [5.74, 6) is 1.10. The summed E-state index contributed by atoms with van der Waals surface area (Å²) < 4.78 is 0. The van der Waals surface area contributed by atoms with Crippen LogP contribution in [0.4, 0.5) is 0 Å². The Morgan fingerprint density at radius 1 is 1.17 bits per heavy atom. The summed E-state index contributed by atoms with van der Waals surface area (Å²) in [5.41, 5.74) is 7.87. The monoisotopic (exact) mass is 243 g/mol. The van der Waals surface area contributed by atoms with Gasteiger partial charge in [0.2, 0.25) is 0 Å².